The Morgan fingerprint density at radius 2 is 1.60 bits per heavy atom. The van der Waals surface area contributed by atoms with Gasteiger partial charge in [-0.2, -0.15) is 0 Å². The Balaban J connectivity index is 1.06. The van der Waals surface area contributed by atoms with Gasteiger partial charge >= 0.3 is 12.3 Å². The van der Waals surface area contributed by atoms with E-state index in [1.807, 2.05) is 13.8 Å². The minimum absolute atomic E-state index is 0.0490. The van der Waals surface area contributed by atoms with Gasteiger partial charge in [-0.1, -0.05) is 13.8 Å². The summed E-state index contributed by atoms with van der Waals surface area (Å²) in [7, 11) is -4.56. The van der Waals surface area contributed by atoms with Crippen molar-refractivity contribution in [2.75, 3.05) is 6.61 Å². The Morgan fingerprint density at radius 3 is 2.25 bits per heavy atom. The molecule has 2 aromatic carbocycles. The maximum Gasteiger partial charge on any atom is 0.573 e. The van der Waals surface area contributed by atoms with Crippen molar-refractivity contribution in [3.63, 3.8) is 0 Å². The first-order valence-corrected chi connectivity index (χ1v) is 18.6. The van der Waals surface area contributed by atoms with E-state index in [1.165, 1.54) is 18.2 Å². The number of halogens is 3. The van der Waals surface area contributed by atoms with Gasteiger partial charge in [-0.3, -0.25) is 0 Å². The fraction of sp³-hybridized carbons (Fsp3) is 0.639. The highest BCUT2D eigenvalue weighted by molar-refractivity contribution is 7.85. The molecule has 12 heteroatoms. The molecule has 2 atom stereocenters. The van der Waals surface area contributed by atoms with Gasteiger partial charge in [0.1, 0.15) is 27.6 Å². The van der Waals surface area contributed by atoms with Gasteiger partial charge in [0.25, 0.3) is 0 Å². The summed E-state index contributed by atoms with van der Waals surface area (Å²) < 4.78 is 98.5. The van der Waals surface area contributed by atoms with E-state index in [4.69, 9.17) is 14.2 Å². The minimum atomic E-state index is -4.91. The van der Waals surface area contributed by atoms with Crippen LogP contribution < -0.4 is 14.2 Å². The predicted octanol–water partition coefficient (Wildman–Crippen LogP) is 7.76. The lowest BCUT2D eigenvalue weighted by atomic mass is 9.49. The van der Waals surface area contributed by atoms with Crippen molar-refractivity contribution in [2.24, 2.45) is 29.1 Å². The van der Waals surface area contributed by atoms with Crippen LogP contribution >= 0.6 is 0 Å². The minimum Gasteiger partial charge on any atom is -0.744 e. The van der Waals surface area contributed by atoms with Crippen molar-refractivity contribution in [1.82, 2.24) is 0 Å². The van der Waals surface area contributed by atoms with Gasteiger partial charge in [0.15, 0.2) is 11.5 Å². The van der Waals surface area contributed by atoms with Crippen molar-refractivity contribution >= 4 is 16.1 Å². The Bertz CT molecular complexity index is 1660. The van der Waals surface area contributed by atoms with Crippen molar-refractivity contribution in [1.29, 1.82) is 0 Å². The summed E-state index contributed by atoms with van der Waals surface area (Å²) in [5, 5.41) is 0. The number of hydrogen-bond acceptors (Lipinski definition) is 8. The van der Waals surface area contributed by atoms with Crippen LogP contribution in [0.3, 0.4) is 0 Å². The number of fused-ring (bicyclic) bond motifs is 1. The second kappa shape index (κ2) is 12.1. The number of carbonyl (C=O) groups excluding carboxylic acids is 1. The first-order chi connectivity index (χ1) is 22.6. The highest BCUT2D eigenvalue weighted by atomic mass is 32.2. The van der Waals surface area contributed by atoms with Crippen LogP contribution in [-0.2, 0) is 27.7 Å². The number of alkyl halides is 3. The lowest BCUT2D eigenvalue weighted by molar-refractivity contribution is -0.275. The van der Waals surface area contributed by atoms with Gasteiger partial charge in [0, 0.05) is 5.41 Å². The van der Waals surface area contributed by atoms with Crippen LogP contribution in [0.2, 0.25) is 0 Å². The quantitative estimate of drug-likeness (QED) is 0.184. The van der Waals surface area contributed by atoms with Crippen molar-refractivity contribution < 1.29 is 49.9 Å². The van der Waals surface area contributed by atoms with Gasteiger partial charge in [0.05, 0.1) is 17.1 Å². The molecule has 262 valence electrons. The molecule has 8 nitrogen and oxygen atoms in total. The van der Waals surface area contributed by atoms with Gasteiger partial charge in [-0.15, -0.1) is 13.2 Å². The Morgan fingerprint density at radius 1 is 0.938 bits per heavy atom. The monoisotopic (exact) mass is 691 g/mol. The summed E-state index contributed by atoms with van der Waals surface area (Å²) >= 11 is 0. The van der Waals surface area contributed by atoms with E-state index < -0.39 is 33.8 Å². The first-order valence-electron chi connectivity index (χ1n) is 17.2. The molecule has 0 saturated heterocycles. The molecule has 2 aromatic rings. The zero-order valence-corrected chi connectivity index (χ0v) is 28.1. The van der Waals surface area contributed by atoms with E-state index in [2.05, 4.69) is 4.74 Å². The Labute approximate surface area is 279 Å². The third-order valence-corrected chi connectivity index (χ3v) is 12.7. The van der Waals surface area contributed by atoms with Crippen LogP contribution in [0.4, 0.5) is 13.2 Å². The van der Waals surface area contributed by atoms with E-state index in [9.17, 15) is 30.9 Å². The molecule has 0 aromatic heterocycles. The molecule has 8 rings (SSSR count). The lowest BCUT2D eigenvalue weighted by Crippen LogP contribution is -2.56. The molecule has 2 unspecified atom stereocenters. The lowest BCUT2D eigenvalue weighted by Gasteiger charge is -2.59. The summed E-state index contributed by atoms with van der Waals surface area (Å²) in [6, 6.07) is 6.75. The number of carbonyl (C=O) groups is 1. The highest BCUT2D eigenvalue weighted by Gasteiger charge is 2.57. The largest absolute Gasteiger partial charge is 0.744 e. The molecular formula is C36H42F3O8S-. The molecule has 6 aliphatic rings. The molecular weight excluding hydrogens is 649 g/mol. The molecule has 0 radical (unpaired) electrons. The van der Waals surface area contributed by atoms with E-state index in [0.717, 1.165) is 63.0 Å². The molecule has 0 amide bonds. The number of rotatable bonds is 10. The molecule has 4 bridgehead atoms. The highest BCUT2D eigenvalue weighted by Crippen LogP contribution is 2.61. The van der Waals surface area contributed by atoms with Crippen LogP contribution in [0.15, 0.2) is 35.2 Å². The standard InChI is InChI=1S/C36H43F3O8S/c1-21(2)35(12-3-4-13-35)46-30-16-23(8-9-29(30)47-36(37,38)39)33(40)45-32-24-14-22-15-25(32)19-34(17-22,18-24)20-44-28-10-11-31(48(41,42)43)27-7-5-6-26(27)28/h8-11,16,21-22,24-25,32H,3-7,12-15,17-20H2,1-2H3,(H,41,42,43)/p-1. The molecule has 0 aliphatic heterocycles. The summed E-state index contributed by atoms with van der Waals surface area (Å²) in [5.74, 6) is 0.271. The fourth-order valence-corrected chi connectivity index (χ4v) is 10.6. The van der Waals surface area contributed by atoms with Gasteiger partial charge < -0.3 is 23.5 Å². The van der Waals surface area contributed by atoms with Gasteiger partial charge in [-0.05, 0) is 142 Å². The second-order valence-corrected chi connectivity index (χ2v) is 16.5. The summed E-state index contributed by atoms with van der Waals surface area (Å²) in [5.41, 5.74) is 0.776. The normalized spacial score (nSPS) is 28.8. The molecule has 5 saturated carbocycles. The number of benzene rings is 2. The Hall–Kier alpha value is -2.99. The molecule has 48 heavy (non-hydrogen) atoms. The maximum atomic E-state index is 13.6. The van der Waals surface area contributed by atoms with E-state index >= 15 is 0 Å². The van der Waals surface area contributed by atoms with Gasteiger partial charge in [-0.25, -0.2) is 13.2 Å². The molecule has 0 spiro atoms. The topological polar surface area (TPSA) is 111 Å². The second-order valence-electron chi connectivity index (χ2n) is 15.2. The van der Waals surface area contributed by atoms with E-state index in [0.29, 0.717) is 49.5 Å². The van der Waals surface area contributed by atoms with Gasteiger partial charge in [0.2, 0.25) is 0 Å². The van der Waals surface area contributed by atoms with Crippen LogP contribution in [0.5, 0.6) is 17.2 Å². The molecule has 6 aliphatic carbocycles. The average Bonchev–Trinajstić information content (AvgIpc) is 3.68. The van der Waals surface area contributed by atoms with Crippen LogP contribution in [0, 0.1) is 29.1 Å². The van der Waals surface area contributed by atoms with E-state index in [-0.39, 0.29) is 45.5 Å². The van der Waals surface area contributed by atoms with Crippen LogP contribution in [0.1, 0.15) is 99.5 Å². The Kier molecular flexibility index (Phi) is 8.45. The molecule has 0 heterocycles. The first kappa shape index (κ1) is 33.5. The van der Waals surface area contributed by atoms with Crippen LogP contribution in [0.25, 0.3) is 0 Å². The summed E-state index contributed by atoms with van der Waals surface area (Å²) in [4.78, 5) is 13.5. The molecule has 5 fully saturated rings. The smallest absolute Gasteiger partial charge is 0.573 e. The predicted molar refractivity (Wildman–Crippen MR) is 167 cm³/mol. The third kappa shape index (κ3) is 6.39. The summed E-state index contributed by atoms with van der Waals surface area (Å²) in [6.07, 6.45) is 4.51. The SMILES string of the molecule is CC(C)C1(Oc2cc(C(=O)OC3C4CC5CC3CC(COc3ccc(S(=O)(=O)[O-])c6c3CCC6)(C5)C4)ccc2OC(F)(F)F)CCCC1. The molecule has 0 N–H and O–H groups in total. The van der Waals surface area contributed by atoms with Crippen molar-refractivity contribution in [2.45, 2.75) is 114 Å². The maximum absolute atomic E-state index is 13.6. The van der Waals surface area contributed by atoms with Crippen LogP contribution in [-0.4, -0.2) is 43.6 Å². The van der Waals surface area contributed by atoms with E-state index in [1.54, 1.807) is 6.07 Å². The van der Waals surface area contributed by atoms with Crippen molar-refractivity contribution in [3.05, 3.63) is 47.0 Å². The third-order valence-electron chi connectivity index (χ3n) is 11.8. The zero-order valence-electron chi connectivity index (χ0n) is 27.3. The zero-order chi connectivity index (χ0) is 34.1. The average molecular weight is 692 g/mol. The summed E-state index contributed by atoms with van der Waals surface area (Å²) in [6.45, 7) is 4.44. The van der Waals surface area contributed by atoms with Crippen molar-refractivity contribution in [3.8, 4) is 17.2 Å². The number of ether oxygens (including phenoxy) is 4. The fourth-order valence-electron chi connectivity index (χ4n) is 9.86. The number of hydrogen-bond donors (Lipinski definition) is 0. The number of esters is 1.